The Bertz CT molecular complexity index is 754. The van der Waals surface area contributed by atoms with Crippen molar-refractivity contribution >= 4 is 5.57 Å². The van der Waals surface area contributed by atoms with Gasteiger partial charge in [-0.05, 0) is 38.5 Å². The number of fused-ring (bicyclic) bond motifs is 1. The molecule has 2 aliphatic rings. The summed E-state index contributed by atoms with van der Waals surface area (Å²) >= 11 is 0. The maximum Gasteiger partial charge on any atom is 0.00900 e. The van der Waals surface area contributed by atoms with Crippen molar-refractivity contribution in [3.8, 4) is 0 Å². The van der Waals surface area contributed by atoms with Gasteiger partial charge in [-0.1, -0.05) is 104 Å². The molecule has 0 saturated carbocycles. The van der Waals surface area contributed by atoms with Crippen molar-refractivity contribution in [1.82, 2.24) is 0 Å². The molecule has 0 saturated heterocycles. The molecule has 2 atom stereocenters. The number of hydrogen-bond donors (Lipinski definition) is 0. The van der Waals surface area contributed by atoms with Gasteiger partial charge in [-0.15, -0.1) is 0 Å². The van der Waals surface area contributed by atoms with Crippen LogP contribution in [-0.2, 0) is 0 Å². The third-order valence-corrected chi connectivity index (χ3v) is 6.10. The van der Waals surface area contributed by atoms with Crippen LogP contribution >= 0.6 is 0 Å². The fraction of sp³-hybridized carbons (Fsp3) is 0.520. The molecule has 0 heterocycles. The van der Waals surface area contributed by atoms with Crippen molar-refractivity contribution in [1.29, 1.82) is 0 Å². The second-order valence-corrected chi connectivity index (χ2v) is 10.5. The molecule has 1 aromatic carbocycles. The molecule has 1 aromatic rings. The van der Waals surface area contributed by atoms with Gasteiger partial charge in [0.25, 0.3) is 0 Å². The average molecular weight is 335 g/mol. The highest BCUT2D eigenvalue weighted by atomic mass is 14.5. The molecule has 0 amide bonds. The average Bonchev–Trinajstić information content (AvgIpc) is 3.12. The zero-order valence-corrected chi connectivity index (χ0v) is 17.3. The van der Waals surface area contributed by atoms with Gasteiger partial charge >= 0.3 is 0 Å². The lowest BCUT2D eigenvalue weighted by atomic mass is 9.68. The Morgan fingerprint density at radius 3 is 1.96 bits per heavy atom. The number of benzene rings is 1. The quantitative estimate of drug-likeness (QED) is 0.528. The van der Waals surface area contributed by atoms with Crippen molar-refractivity contribution in [3.05, 3.63) is 65.3 Å². The van der Waals surface area contributed by atoms with Gasteiger partial charge in [-0.25, -0.2) is 0 Å². The highest BCUT2D eigenvalue weighted by Crippen LogP contribution is 2.54. The van der Waals surface area contributed by atoms with Crippen molar-refractivity contribution in [2.75, 3.05) is 0 Å². The van der Waals surface area contributed by atoms with E-state index in [-0.39, 0.29) is 16.2 Å². The lowest BCUT2D eigenvalue weighted by Crippen LogP contribution is -2.27. The predicted molar refractivity (Wildman–Crippen MR) is 111 cm³/mol. The van der Waals surface area contributed by atoms with Crippen molar-refractivity contribution in [3.63, 3.8) is 0 Å². The molecule has 2 aliphatic carbocycles. The van der Waals surface area contributed by atoms with E-state index in [4.69, 9.17) is 0 Å². The van der Waals surface area contributed by atoms with E-state index in [9.17, 15) is 0 Å². The van der Waals surface area contributed by atoms with Crippen LogP contribution in [0.5, 0.6) is 0 Å². The Balaban J connectivity index is 2.03. The molecule has 2 unspecified atom stereocenters. The minimum Gasteiger partial charge on any atom is -0.0768 e. The molecule has 0 spiro atoms. The first-order valence-electron chi connectivity index (χ1n) is 9.64. The Kier molecular flexibility index (Phi) is 4.18. The molecule has 0 bridgehead atoms. The fourth-order valence-electron chi connectivity index (χ4n) is 4.31. The van der Waals surface area contributed by atoms with Crippen molar-refractivity contribution in [2.45, 2.75) is 61.3 Å². The molecule has 134 valence electrons. The van der Waals surface area contributed by atoms with Crippen LogP contribution in [0.2, 0.25) is 0 Å². The molecule has 0 fully saturated rings. The van der Waals surface area contributed by atoms with Crippen LogP contribution in [0.15, 0.2) is 54.1 Å². The predicted octanol–water partition coefficient (Wildman–Crippen LogP) is 7.40. The van der Waals surface area contributed by atoms with E-state index in [0.29, 0.717) is 11.8 Å². The Labute approximate surface area is 154 Å². The van der Waals surface area contributed by atoms with Gasteiger partial charge in [-0.2, -0.15) is 0 Å². The minimum absolute atomic E-state index is 0.159. The first-order valence-corrected chi connectivity index (χ1v) is 9.64. The van der Waals surface area contributed by atoms with E-state index in [1.165, 1.54) is 22.3 Å². The standard InChI is InChI=1S/C25H34/c1-23(2,3)17-13-14-18(15-17)25(7,8)22-16-21(24(4,5)6)19-11-9-10-12-20(19)22/h9-16,18,22H,1-8H3. The van der Waals surface area contributed by atoms with E-state index in [1.807, 2.05) is 0 Å². The third kappa shape index (κ3) is 3.16. The molecule has 0 N–H and O–H groups in total. The Morgan fingerprint density at radius 1 is 0.760 bits per heavy atom. The molecule has 0 heteroatoms. The first-order chi connectivity index (χ1) is 11.4. The summed E-state index contributed by atoms with van der Waals surface area (Å²) in [4.78, 5) is 0. The number of allylic oxidation sites excluding steroid dienone is 6. The highest BCUT2D eigenvalue weighted by molar-refractivity contribution is 5.78. The van der Waals surface area contributed by atoms with Gasteiger partial charge in [0.05, 0.1) is 0 Å². The van der Waals surface area contributed by atoms with E-state index >= 15 is 0 Å². The van der Waals surface area contributed by atoms with Crippen LogP contribution in [0, 0.1) is 22.2 Å². The van der Waals surface area contributed by atoms with Gasteiger partial charge in [0.1, 0.15) is 0 Å². The Hall–Kier alpha value is -1.56. The topological polar surface area (TPSA) is 0 Å². The van der Waals surface area contributed by atoms with Crippen LogP contribution in [0.1, 0.15) is 72.4 Å². The van der Waals surface area contributed by atoms with Crippen molar-refractivity contribution < 1.29 is 0 Å². The number of hydrogen-bond acceptors (Lipinski definition) is 0. The van der Waals surface area contributed by atoms with Gasteiger partial charge in [0, 0.05) is 11.8 Å². The molecule has 25 heavy (non-hydrogen) atoms. The lowest BCUT2D eigenvalue weighted by molar-refractivity contribution is 0.270. The summed E-state index contributed by atoms with van der Waals surface area (Å²) < 4.78 is 0. The highest BCUT2D eigenvalue weighted by Gasteiger charge is 2.42. The van der Waals surface area contributed by atoms with Gasteiger partial charge in [0.15, 0.2) is 0 Å². The third-order valence-electron chi connectivity index (χ3n) is 6.10. The van der Waals surface area contributed by atoms with Gasteiger partial charge in [-0.3, -0.25) is 0 Å². The molecule has 0 nitrogen and oxygen atoms in total. The number of rotatable bonds is 2. The summed E-state index contributed by atoms with van der Waals surface area (Å²) in [6, 6.07) is 9.02. The first kappa shape index (κ1) is 18.2. The maximum absolute atomic E-state index is 2.56. The summed E-state index contributed by atoms with van der Waals surface area (Å²) in [6.07, 6.45) is 9.83. The van der Waals surface area contributed by atoms with Crippen molar-refractivity contribution in [2.24, 2.45) is 22.2 Å². The molecular weight excluding hydrogens is 300 g/mol. The zero-order chi connectivity index (χ0) is 18.6. The van der Waals surface area contributed by atoms with E-state index in [1.54, 1.807) is 0 Å². The minimum atomic E-state index is 0.159. The zero-order valence-electron chi connectivity index (χ0n) is 17.3. The molecular formula is C25H34. The molecule has 0 radical (unpaired) electrons. The second kappa shape index (κ2) is 5.73. The maximum atomic E-state index is 2.56. The SMILES string of the molecule is CC(C)(C)C1=CC(C(C)(C)C2C=C(C(C)(C)C)c3ccccc32)C=C1. The van der Waals surface area contributed by atoms with Gasteiger partial charge < -0.3 is 0 Å². The van der Waals surface area contributed by atoms with Crippen LogP contribution in [0.4, 0.5) is 0 Å². The van der Waals surface area contributed by atoms with Crippen LogP contribution in [0.3, 0.4) is 0 Å². The monoisotopic (exact) mass is 334 g/mol. The van der Waals surface area contributed by atoms with E-state index in [0.717, 1.165) is 0 Å². The van der Waals surface area contributed by atoms with Crippen LogP contribution in [-0.4, -0.2) is 0 Å². The summed E-state index contributed by atoms with van der Waals surface area (Å²) in [5, 5.41) is 0. The van der Waals surface area contributed by atoms with E-state index in [2.05, 4.69) is 104 Å². The summed E-state index contributed by atoms with van der Waals surface area (Å²) in [5.41, 5.74) is 6.49. The smallest absolute Gasteiger partial charge is 0.00900 e. The Morgan fingerprint density at radius 2 is 1.40 bits per heavy atom. The second-order valence-electron chi connectivity index (χ2n) is 10.5. The normalized spacial score (nSPS) is 23.5. The molecule has 0 aromatic heterocycles. The van der Waals surface area contributed by atoms with E-state index < -0.39 is 0 Å². The summed E-state index contributed by atoms with van der Waals surface area (Å²) in [7, 11) is 0. The lowest BCUT2D eigenvalue weighted by Gasteiger charge is -2.36. The van der Waals surface area contributed by atoms with Gasteiger partial charge in [0.2, 0.25) is 0 Å². The largest absolute Gasteiger partial charge is 0.0768 e. The summed E-state index contributed by atoms with van der Waals surface area (Å²) in [6.45, 7) is 18.8. The van der Waals surface area contributed by atoms with Crippen LogP contribution in [0.25, 0.3) is 5.57 Å². The molecule has 3 rings (SSSR count). The molecule has 0 aliphatic heterocycles. The van der Waals surface area contributed by atoms with Crippen LogP contribution < -0.4 is 0 Å². The summed E-state index contributed by atoms with van der Waals surface area (Å²) in [5.74, 6) is 0.943. The fourth-order valence-corrected chi connectivity index (χ4v) is 4.31.